The van der Waals surface area contributed by atoms with Crippen LogP contribution in [-0.2, 0) is 19.1 Å². The molecule has 0 aliphatic carbocycles. The lowest BCUT2D eigenvalue weighted by Crippen LogP contribution is -2.56. The van der Waals surface area contributed by atoms with Crippen molar-refractivity contribution in [1.82, 2.24) is 0 Å². The number of aliphatic carboxylic acids is 1. The molecular formula is C14H26O5. The molecule has 0 rings (SSSR count). The zero-order valence-electron chi connectivity index (χ0n) is 12.6. The second-order valence-corrected chi connectivity index (χ2v) is 4.76. The summed E-state index contributed by atoms with van der Waals surface area (Å²) in [6.45, 7) is 9.23. The van der Waals surface area contributed by atoms with Gasteiger partial charge in [0.2, 0.25) is 0 Å². The fraction of sp³-hybridized carbons (Fsp3) is 0.857. The standard InChI is InChI=1S/C14H26O5/c1-6-8-18-11(4)14(10(3)15,13(16)17)12(5)19-9-7-2/h11-12H,6-9H2,1-5H3,(H,16,17). The molecule has 0 spiro atoms. The molecule has 0 aromatic rings. The third kappa shape index (κ3) is 4.01. The third-order valence-corrected chi connectivity index (χ3v) is 3.36. The van der Waals surface area contributed by atoms with Crippen LogP contribution in [0.2, 0.25) is 0 Å². The smallest absolute Gasteiger partial charge is 0.322 e. The van der Waals surface area contributed by atoms with E-state index in [0.29, 0.717) is 13.2 Å². The number of hydrogen-bond donors (Lipinski definition) is 1. The van der Waals surface area contributed by atoms with Crippen molar-refractivity contribution in [1.29, 1.82) is 0 Å². The average molecular weight is 274 g/mol. The molecule has 19 heavy (non-hydrogen) atoms. The normalized spacial score (nSPS) is 17.5. The third-order valence-electron chi connectivity index (χ3n) is 3.36. The Kier molecular flexibility index (Phi) is 7.87. The zero-order chi connectivity index (χ0) is 15.1. The van der Waals surface area contributed by atoms with Crippen molar-refractivity contribution in [2.75, 3.05) is 13.2 Å². The molecule has 0 amide bonds. The molecule has 0 aliphatic heterocycles. The predicted octanol–water partition coefficient (Wildman–Crippen LogP) is 2.28. The van der Waals surface area contributed by atoms with Crippen LogP contribution in [-0.4, -0.2) is 42.3 Å². The molecule has 0 saturated heterocycles. The van der Waals surface area contributed by atoms with Gasteiger partial charge in [0.15, 0.2) is 11.2 Å². The van der Waals surface area contributed by atoms with Gasteiger partial charge in [-0.3, -0.25) is 9.59 Å². The van der Waals surface area contributed by atoms with Gasteiger partial charge in [0.25, 0.3) is 0 Å². The van der Waals surface area contributed by atoms with Gasteiger partial charge in [0.1, 0.15) is 0 Å². The first-order valence-corrected chi connectivity index (χ1v) is 6.83. The summed E-state index contributed by atoms with van der Waals surface area (Å²) in [6.07, 6.45) is 0.0770. The Morgan fingerprint density at radius 1 is 1.05 bits per heavy atom. The Labute approximate surface area is 115 Å². The summed E-state index contributed by atoms with van der Waals surface area (Å²) in [5.41, 5.74) is -1.65. The summed E-state index contributed by atoms with van der Waals surface area (Å²) < 4.78 is 11.0. The molecule has 0 bridgehead atoms. The van der Waals surface area contributed by atoms with Crippen molar-refractivity contribution in [2.45, 2.75) is 59.7 Å². The van der Waals surface area contributed by atoms with Gasteiger partial charge in [-0.2, -0.15) is 0 Å². The van der Waals surface area contributed by atoms with Crippen molar-refractivity contribution >= 4 is 11.8 Å². The van der Waals surface area contributed by atoms with Gasteiger partial charge in [-0.1, -0.05) is 13.8 Å². The number of carbonyl (C=O) groups is 2. The molecule has 0 saturated carbocycles. The summed E-state index contributed by atoms with van der Waals surface area (Å²) in [5, 5.41) is 9.55. The van der Waals surface area contributed by atoms with Crippen molar-refractivity contribution in [3.05, 3.63) is 0 Å². The second-order valence-electron chi connectivity index (χ2n) is 4.76. The molecule has 1 N–H and O–H groups in total. The molecule has 2 unspecified atom stereocenters. The largest absolute Gasteiger partial charge is 0.480 e. The van der Waals surface area contributed by atoms with Crippen LogP contribution in [0, 0.1) is 5.41 Å². The number of rotatable bonds is 10. The van der Waals surface area contributed by atoms with E-state index in [2.05, 4.69) is 0 Å². The molecule has 2 atom stereocenters. The first-order valence-electron chi connectivity index (χ1n) is 6.83. The van der Waals surface area contributed by atoms with Gasteiger partial charge in [-0.05, 0) is 33.6 Å². The predicted molar refractivity (Wildman–Crippen MR) is 72.2 cm³/mol. The van der Waals surface area contributed by atoms with Gasteiger partial charge >= 0.3 is 5.97 Å². The van der Waals surface area contributed by atoms with E-state index in [1.54, 1.807) is 13.8 Å². The maximum absolute atomic E-state index is 12.0. The van der Waals surface area contributed by atoms with E-state index < -0.39 is 29.4 Å². The molecule has 112 valence electrons. The van der Waals surface area contributed by atoms with E-state index in [0.717, 1.165) is 12.8 Å². The van der Waals surface area contributed by atoms with Crippen LogP contribution < -0.4 is 0 Å². The number of carboxylic acids is 1. The minimum absolute atomic E-state index is 0.421. The van der Waals surface area contributed by atoms with Crippen LogP contribution in [0.1, 0.15) is 47.5 Å². The zero-order valence-corrected chi connectivity index (χ0v) is 12.6. The summed E-state index contributed by atoms with van der Waals surface area (Å²) in [6, 6.07) is 0. The second kappa shape index (κ2) is 8.27. The van der Waals surface area contributed by atoms with Crippen molar-refractivity contribution in [3.8, 4) is 0 Å². The highest BCUT2D eigenvalue weighted by Crippen LogP contribution is 2.33. The first kappa shape index (κ1) is 18.1. The van der Waals surface area contributed by atoms with Gasteiger partial charge in [0.05, 0.1) is 12.2 Å². The average Bonchev–Trinajstić information content (AvgIpc) is 2.33. The van der Waals surface area contributed by atoms with E-state index in [1.165, 1.54) is 6.92 Å². The highest BCUT2D eigenvalue weighted by molar-refractivity contribution is 6.03. The topological polar surface area (TPSA) is 72.8 Å². The Hall–Kier alpha value is -0.940. The minimum Gasteiger partial charge on any atom is -0.480 e. The van der Waals surface area contributed by atoms with Crippen LogP contribution in [0.3, 0.4) is 0 Å². The van der Waals surface area contributed by atoms with Gasteiger partial charge in [-0.15, -0.1) is 0 Å². The monoisotopic (exact) mass is 274 g/mol. The lowest BCUT2D eigenvalue weighted by molar-refractivity contribution is -0.180. The van der Waals surface area contributed by atoms with Gasteiger partial charge in [-0.25, -0.2) is 0 Å². The Bertz CT molecular complexity index is 270. The number of Topliss-reactive ketones (excluding diaryl/α,β-unsaturated/α-hetero) is 1. The van der Waals surface area contributed by atoms with E-state index in [1.807, 2.05) is 13.8 Å². The van der Waals surface area contributed by atoms with E-state index in [-0.39, 0.29) is 0 Å². The number of hydrogen-bond acceptors (Lipinski definition) is 4. The summed E-state index contributed by atoms with van der Waals surface area (Å²) in [5.74, 6) is -1.63. The highest BCUT2D eigenvalue weighted by Gasteiger charge is 2.54. The lowest BCUT2D eigenvalue weighted by Gasteiger charge is -2.37. The molecule has 0 heterocycles. The Balaban J connectivity index is 5.30. The van der Waals surface area contributed by atoms with Crippen molar-refractivity contribution < 1.29 is 24.2 Å². The van der Waals surface area contributed by atoms with Gasteiger partial charge < -0.3 is 14.6 Å². The molecule has 0 aromatic heterocycles. The fourth-order valence-corrected chi connectivity index (χ4v) is 2.25. The molecule has 0 fully saturated rings. The first-order chi connectivity index (χ1) is 8.85. The maximum Gasteiger partial charge on any atom is 0.322 e. The molecule has 0 radical (unpaired) electrons. The summed E-state index contributed by atoms with van der Waals surface area (Å²) in [4.78, 5) is 23.7. The summed E-state index contributed by atoms with van der Waals surface area (Å²) in [7, 11) is 0. The molecule has 0 aliphatic rings. The molecular weight excluding hydrogens is 248 g/mol. The van der Waals surface area contributed by atoms with E-state index in [4.69, 9.17) is 9.47 Å². The van der Waals surface area contributed by atoms with E-state index in [9.17, 15) is 14.7 Å². The van der Waals surface area contributed by atoms with E-state index >= 15 is 0 Å². The van der Waals surface area contributed by atoms with Crippen LogP contribution >= 0.6 is 0 Å². The number of ether oxygens (including phenoxy) is 2. The Morgan fingerprint density at radius 3 is 1.63 bits per heavy atom. The van der Waals surface area contributed by atoms with Crippen LogP contribution in [0.4, 0.5) is 0 Å². The number of carbonyl (C=O) groups excluding carboxylic acids is 1. The number of carboxylic acid groups (broad SMARTS) is 1. The van der Waals surface area contributed by atoms with Crippen LogP contribution in [0.5, 0.6) is 0 Å². The van der Waals surface area contributed by atoms with Crippen LogP contribution in [0.25, 0.3) is 0 Å². The van der Waals surface area contributed by atoms with Crippen molar-refractivity contribution in [2.24, 2.45) is 5.41 Å². The molecule has 5 heteroatoms. The summed E-state index contributed by atoms with van der Waals surface area (Å²) >= 11 is 0. The minimum atomic E-state index is -1.65. The van der Waals surface area contributed by atoms with Gasteiger partial charge in [0, 0.05) is 13.2 Å². The fourth-order valence-electron chi connectivity index (χ4n) is 2.25. The quantitative estimate of drug-likeness (QED) is 0.619. The maximum atomic E-state index is 12.0. The highest BCUT2D eigenvalue weighted by atomic mass is 16.5. The lowest BCUT2D eigenvalue weighted by atomic mass is 9.74. The molecule has 5 nitrogen and oxygen atoms in total. The van der Waals surface area contributed by atoms with Crippen LogP contribution in [0.15, 0.2) is 0 Å². The Morgan fingerprint density at radius 2 is 1.42 bits per heavy atom. The molecule has 0 aromatic carbocycles. The number of ketones is 1. The SMILES string of the molecule is CCCOC(C)C(C(C)=O)(C(=O)O)C(C)OCCC. The van der Waals surface area contributed by atoms with Crippen molar-refractivity contribution in [3.63, 3.8) is 0 Å².